The number of hydrogen-bond donors (Lipinski definition) is 0. The molecule has 1 aliphatic heterocycles. The van der Waals surface area contributed by atoms with Crippen LogP contribution in [0.1, 0.15) is 42.1 Å². The average molecular weight is 315 g/mol. The molecule has 1 fully saturated rings. The van der Waals surface area contributed by atoms with Gasteiger partial charge in [-0.15, -0.1) is 11.3 Å². The van der Waals surface area contributed by atoms with Crippen LogP contribution in [0.15, 0.2) is 29.8 Å². The second-order valence-electron chi connectivity index (χ2n) is 5.67. The van der Waals surface area contributed by atoms with Gasteiger partial charge in [0.05, 0.1) is 17.1 Å². The van der Waals surface area contributed by atoms with Gasteiger partial charge >= 0.3 is 0 Å². The summed E-state index contributed by atoms with van der Waals surface area (Å²) in [6.07, 6.45) is 5.22. The smallest absolute Gasteiger partial charge is 0.228 e. The highest BCUT2D eigenvalue weighted by molar-refractivity contribution is 7.09. The molecule has 3 heterocycles. The predicted molar refractivity (Wildman–Crippen MR) is 88.0 cm³/mol. The van der Waals surface area contributed by atoms with Gasteiger partial charge in [0.2, 0.25) is 5.91 Å². The monoisotopic (exact) mass is 315 g/mol. The van der Waals surface area contributed by atoms with Crippen molar-refractivity contribution < 1.29 is 4.79 Å². The summed E-state index contributed by atoms with van der Waals surface area (Å²) >= 11 is 1.65. The number of carbonyl (C=O) groups is 1. The van der Waals surface area contributed by atoms with E-state index in [0.717, 1.165) is 48.7 Å². The summed E-state index contributed by atoms with van der Waals surface area (Å²) in [6.45, 7) is 3.74. The zero-order valence-electron chi connectivity index (χ0n) is 12.9. The van der Waals surface area contributed by atoms with Crippen LogP contribution in [0.5, 0.6) is 0 Å². The summed E-state index contributed by atoms with van der Waals surface area (Å²) in [6, 6.07) is 6.07. The Morgan fingerprint density at radius 1 is 1.36 bits per heavy atom. The summed E-state index contributed by atoms with van der Waals surface area (Å²) < 4.78 is 0. The van der Waals surface area contributed by atoms with Gasteiger partial charge in [0.15, 0.2) is 0 Å². The zero-order chi connectivity index (χ0) is 15.4. The van der Waals surface area contributed by atoms with Gasteiger partial charge in [0.25, 0.3) is 0 Å². The van der Waals surface area contributed by atoms with E-state index in [4.69, 9.17) is 0 Å². The van der Waals surface area contributed by atoms with E-state index in [9.17, 15) is 4.79 Å². The Morgan fingerprint density at radius 2 is 2.18 bits per heavy atom. The maximum atomic E-state index is 12.4. The van der Waals surface area contributed by atoms with Crippen LogP contribution in [-0.4, -0.2) is 33.9 Å². The fourth-order valence-corrected chi connectivity index (χ4v) is 3.65. The number of hydrogen-bond acceptors (Lipinski definition) is 4. The molecule has 0 N–H and O–H groups in total. The molecule has 0 spiro atoms. The lowest BCUT2D eigenvalue weighted by Crippen LogP contribution is -2.39. The molecule has 0 aromatic carbocycles. The van der Waals surface area contributed by atoms with Crippen molar-refractivity contribution in [2.75, 3.05) is 13.1 Å². The molecule has 0 atom stereocenters. The van der Waals surface area contributed by atoms with Crippen LogP contribution in [0, 0.1) is 0 Å². The Balaban J connectivity index is 1.53. The van der Waals surface area contributed by atoms with E-state index in [1.165, 1.54) is 0 Å². The van der Waals surface area contributed by atoms with Crippen molar-refractivity contribution in [3.8, 4) is 0 Å². The lowest BCUT2D eigenvalue weighted by atomic mass is 9.93. The highest BCUT2D eigenvalue weighted by Crippen LogP contribution is 2.26. The molecule has 2 aromatic rings. The van der Waals surface area contributed by atoms with Crippen LogP contribution in [0.25, 0.3) is 0 Å². The van der Waals surface area contributed by atoms with Crippen molar-refractivity contribution in [3.05, 3.63) is 46.2 Å². The van der Waals surface area contributed by atoms with Gasteiger partial charge in [-0.1, -0.05) is 13.0 Å². The molecule has 1 aliphatic rings. The Morgan fingerprint density at radius 3 is 2.82 bits per heavy atom. The molecule has 0 saturated carbocycles. The van der Waals surface area contributed by atoms with Gasteiger partial charge in [0, 0.05) is 36.3 Å². The highest BCUT2D eigenvalue weighted by atomic mass is 32.1. The maximum absolute atomic E-state index is 12.4. The molecule has 1 saturated heterocycles. The van der Waals surface area contributed by atoms with E-state index in [-0.39, 0.29) is 5.91 Å². The first kappa shape index (κ1) is 15.2. The fourth-order valence-electron chi connectivity index (χ4n) is 2.90. The Bertz CT molecular complexity index is 618. The summed E-state index contributed by atoms with van der Waals surface area (Å²) in [5, 5.41) is 3.12. The van der Waals surface area contributed by atoms with E-state index >= 15 is 0 Å². The molecule has 1 amide bonds. The van der Waals surface area contributed by atoms with Crippen LogP contribution in [0.2, 0.25) is 0 Å². The molecule has 116 valence electrons. The minimum absolute atomic E-state index is 0.201. The third-order valence-corrected chi connectivity index (χ3v) is 5.23. The summed E-state index contributed by atoms with van der Waals surface area (Å²) in [4.78, 5) is 23.3. The third kappa shape index (κ3) is 3.53. The molecule has 0 radical (unpaired) electrons. The van der Waals surface area contributed by atoms with E-state index in [0.29, 0.717) is 12.3 Å². The molecule has 5 heteroatoms. The van der Waals surface area contributed by atoms with Gasteiger partial charge in [-0.2, -0.15) is 0 Å². The minimum Gasteiger partial charge on any atom is -0.342 e. The quantitative estimate of drug-likeness (QED) is 0.871. The largest absolute Gasteiger partial charge is 0.342 e. The first-order valence-corrected chi connectivity index (χ1v) is 8.76. The molecule has 22 heavy (non-hydrogen) atoms. The van der Waals surface area contributed by atoms with Crippen LogP contribution >= 0.6 is 11.3 Å². The van der Waals surface area contributed by atoms with Crippen molar-refractivity contribution in [2.45, 2.75) is 38.5 Å². The van der Waals surface area contributed by atoms with Crippen LogP contribution < -0.4 is 0 Å². The van der Waals surface area contributed by atoms with Gasteiger partial charge < -0.3 is 4.90 Å². The Hall–Kier alpha value is -1.75. The SMILES string of the molecule is CCc1nc(CC(=O)N2CCC(c3ccccn3)CC2)cs1. The minimum atomic E-state index is 0.201. The van der Waals surface area contributed by atoms with Crippen LogP contribution in [-0.2, 0) is 17.6 Å². The molecule has 0 unspecified atom stereocenters. The van der Waals surface area contributed by atoms with Crippen molar-refractivity contribution in [3.63, 3.8) is 0 Å². The number of thiazole rings is 1. The number of pyridine rings is 1. The summed E-state index contributed by atoms with van der Waals surface area (Å²) in [5.41, 5.74) is 2.07. The van der Waals surface area contributed by atoms with Crippen LogP contribution in [0.3, 0.4) is 0 Å². The van der Waals surface area contributed by atoms with Crippen molar-refractivity contribution in [1.29, 1.82) is 0 Å². The number of rotatable bonds is 4. The van der Waals surface area contributed by atoms with Crippen molar-refractivity contribution in [2.24, 2.45) is 0 Å². The summed E-state index contributed by atoms with van der Waals surface area (Å²) in [7, 11) is 0. The maximum Gasteiger partial charge on any atom is 0.228 e. The van der Waals surface area contributed by atoms with Crippen molar-refractivity contribution >= 4 is 17.2 Å². The first-order valence-electron chi connectivity index (χ1n) is 7.88. The second kappa shape index (κ2) is 7.01. The number of aromatic nitrogens is 2. The predicted octanol–water partition coefficient (Wildman–Crippen LogP) is 3.05. The molecular weight excluding hydrogens is 294 g/mol. The van der Waals surface area contributed by atoms with Crippen molar-refractivity contribution in [1.82, 2.24) is 14.9 Å². The molecule has 4 nitrogen and oxygen atoms in total. The van der Waals surface area contributed by atoms with Gasteiger partial charge in [-0.25, -0.2) is 4.98 Å². The number of likely N-dealkylation sites (tertiary alicyclic amines) is 1. The number of aryl methyl sites for hydroxylation is 1. The molecular formula is C17H21N3OS. The number of amides is 1. The van der Waals surface area contributed by atoms with E-state index in [2.05, 4.69) is 23.0 Å². The third-order valence-electron chi connectivity index (χ3n) is 4.19. The normalized spacial score (nSPS) is 16.0. The Kier molecular flexibility index (Phi) is 4.83. The lowest BCUT2D eigenvalue weighted by Gasteiger charge is -2.31. The molecule has 3 rings (SSSR count). The van der Waals surface area contributed by atoms with Crippen LogP contribution in [0.4, 0.5) is 0 Å². The Labute approximate surface area is 135 Å². The highest BCUT2D eigenvalue weighted by Gasteiger charge is 2.24. The zero-order valence-corrected chi connectivity index (χ0v) is 13.7. The molecule has 0 aliphatic carbocycles. The van der Waals surface area contributed by atoms with Gasteiger partial charge in [0.1, 0.15) is 0 Å². The number of nitrogens with zero attached hydrogens (tertiary/aromatic N) is 3. The van der Waals surface area contributed by atoms with E-state index < -0.39 is 0 Å². The van der Waals surface area contributed by atoms with E-state index in [1.807, 2.05) is 28.6 Å². The van der Waals surface area contributed by atoms with E-state index in [1.54, 1.807) is 11.3 Å². The topological polar surface area (TPSA) is 46.1 Å². The standard InChI is InChI=1S/C17H21N3OS/c1-2-16-19-14(12-22-16)11-17(21)20-9-6-13(7-10-20)15-5-3-4-8-18-15/h3-5,8,12-13H,2,6-7,9-11H2,1H3. The molecule has 2 aromatic heterocycles. The molecule has 0 bridgehead atoms. The van der Waals surface area contributed by atoms with Gasteiger partial charge in [-0.05, 0) is 31.4 Å². The average Bonchev–Trinajstić information content (AvgIpc) is 3.03. The first-order chi connectivity index (χ1) is 10.8. The number of carbonyl (C=O) groups excluding carboxylic acids is 1. The number of piperidine rings is 1. The lowest BCUT2D eigenvalue weighted by molar-refractivity contribution is -0.131. The van der Waals surface area contributed by atoms with Gasteiger partial charge in [-0.3, -0.25) is 9.78 Å². The fraction of sp³-hybridized carbons (Fsp3) is 0.471. The summed E-state index contributed by atoms with van der Waals surface area (Å²) in [5.74, 6) is 0.684. The second-order valence-corrected chi connectivity index (χ2v) is 6.62.